The van der Waals surface area contributed by atoms with Gasteiger partial charge in [-0.25, -0.2) is 4.68 Å². The van der Waals surface area contributed by atoms with Gasteiger partial charge in [0.1, 0.15) is 11.1 Å². The first-order valence-electron chi connectivity index (χ1n) is 6.57. The van der Waals surface area contributed by atoms with Crippen LogP contribution in [0.25, 0.3) is 0 Å². The first kappa shape index (κ1) is 14.7. The number of hydrogen-bond donors (Lipinski definition) is 0. The van der Waals surface area contributed by atoms with Gasteiger partial charge in [0.15, 0.2) is 0 Å². The Kier molecular flexibility index (Phi) is 4.22. The molecule has 0 spiro atoms. The minimum atomic E-state index is -0.233. The summed E-state index contributed by atoms with van der Waals surface area (Å²) in [7, 11) is 0. The molecule has 0 N–H and O–H groups in total. The standard InChI is InChI=1S/C13H12N6OS2/c1-2-5-19-13(15-16-17-19)22-10-3-6-18(11(10)20)12-9(8-14)4-7-21-12/h2,4,7,10H,1,3,5-6H2/t10-/m1/s1. The summed E-state index contributed by atoms with van der Waals surface area (Å²) in [6.07, 6.45) is 2.40. The lowest BCUT2D eigenvalue weighted by Gasteiger charge is -2.14. The molecule has 3 rings (SSSR count). The maximum atomic E-state index is 12.6. The second kappa shape index (κ2) is 6.29. The third-order valence-electron chi connectivity index (χ3n) is 3.22. The summed E-state index contributed by atoms with van der Waals surface area (Å²) in [5, 5.41) is 23.5. The van der Waals surface area contributed by atoms with Crippen LogP contribution in [0.5, 0.6) is 0 Å². The average molecular weight is 332 g/mol. The predicted molar refractivity (Wildman–Crippen MR) is 83.7 cm³/mol. The third kappa shape index (κ3) is 2.63. The first-order valence-corrected chi connectivity index (χ1v) is 8.33. The number of nitrogens with zero attached hydrogens (tertiary/aromatic N) is 6. The van der Waals surface area contributed by atoms with Crippen molar-refractivity contribution in [3.63, 3.8) is 0 Å². The van der Waals surface area contributed by atoms with Crippen molar-refractivity contribution in [3.05, 3.63) is 29.7 Å². The molecule has 2 aromatic heterocycles. The second-order valence-corrected chi connectivity index (χ2v) is 6.63. The number of anilines is 1. The predicted octanol–water partition coefficient (Wildman–Crippen LogP) is 1.69. The van der Waals surface area contributed by atoms with Crippen molar-refractivity contribution in [2.75, 3.05) is 11.4 Å². The lowest BCUT2D eigenvalue weighted by molar-refractivity contribution is -0.116. The van der Waals surface area contributed by atoms with Gasteiger partial charge in [-0.2, -0.15) is 5.26 Å². The molecule has 1 aliphatic heterocycles. The molecule has 1 aliphatic rings. The van der Waals surface area contributed by atoms with Crippen molar-refractivity contribution in [3.8, 4) is 6.07 Å². The van der Waals surface area contributed by atoms with Crippen LogP contribution >= 0.6 is 23.1 Å². The molecule has 0 saturated carbocycles. The molecule has 0 bridgehead atoms. The van der Waals surface area contributed by atoms with E-state index in [4.69, 9.17) is 5.26 Å². The number of thioether (sulfide) groups is 1. The smallest absolute Gasteiger partial charge is 0.241 e. The molecule has 1 atom stereocenters. The van der Waals surface area contributed by atoms with Gasteiger partial charge in [0.05, 0.1) is 17.4 Å². The average Bonchev–Trinajstić information content (AvgIpc) is 3.22. The molecule has 2 aromatic rings. The van der Waals surface area contributed by atoms with Gasteiger partial charge in [-0.15, -0.1) is 23.0 Å². The van der Waals surface area contributed by atoms with Crippen LogP contribution < -0.4 is 4.90 Å². The number of carbonyl (C=O) groups is 1. The zero-order chi connectivity index (χ0) is 15.5. The molecule has 0 unspecified atom stereocenters. The molecule has 1 amide bonds. The normalized spacial score (nSPS) is 17.7. The van der Waals surface area contributed by atoms with Crippen LogP contribution in [-0.4, -0.2) is 37.9 Å². The summed E-state index contributed by atoms with van der Waals surface area (Å²) in [5.74, 6) is -0.00268. The van der Waals surface area contributed by atoms with Gasteiger partial charge in [-0.05, 0) is 28.3 Å². The number of tetrazole rings is 1. The molecule has 0 aliphatic carbocycles. The van der Waals surface area contributed by atoms with Crippen molar-refractivity contribution >= 4 is 34.0 Å². The van der Waals surface area contributed by atoms with Gasteiger partial charge >= 0.3 is 0 Å². The van der Waals surface area contributed by atoms with Crippen LogP contribution in [0.1, 0.15) is 12.0 Å². The van der Waals surface area contributed by atoms with Gasteiger partial charge in [0, 0.05) is 6.54 Å². The van der Waals surface area contributed by atoms with E-state index >= 15 is 0 Å². The van der Waals surface area contributed by atoms with Crippen LogP contribution in [-0.2, 0) is 11.3 Å². The van der Waals surface area contributed by atoms with Gasteiger partial charge < -0.3 is 4.90 Å². The van der Waals surface area contributed by atoms with Crippen molar-refractivity contribution in [1.29, 1.82) is 5.26 Å². The van der Waals surface area contributed by atoms with E-state index in [1.807, 2.05) is 5.38 Å². The Hall–Kier alpha value is -2.18. The van der Waals surface area contributed by atoms with Crippen molar-refractivity contribution in [2.45, 2.75) is 23.4 Å². The van der Waals surface area contributed by atoms with E-state index in [0.29, 0.717) is 30.2 Å². The zero-order valence-corrected chi connectivity index (χ0v) is 13.2. The molecule has 3 heterocycles. The van der Waals surface area contributed by atoms with E-state index in [1.165, 1.54) is 23.1 Å². The number of amides is 1. The quantitative estimate of drug-likeness (QED) is 0.774. The summed E-state index contributed by atoms with van der Waals surface area (Å²) >= 11 is 2.77. The fourth-order valence-electron chi connectivity index (χ4n) is 2.21. The Bertz CT molecular complexity index is 746. The van der Waals surface area contributed by atoms with Crippen LogP contribution in [0, 0.1) is 11.3 Å². The molecule has 1 fully saturated rings. The summed E-state index contributed by atoms with van der Waals surface area (Å²) in [5.41, 5.74) is 0.542. The van der Waals surface area contributed by atoms with Gasteiger partial charge in [-0.3, -0.25) is 4.79 Å². The fourth-order valence-corrected chi connectivity index (χ4v) is 4.11. The summed E-state index contributed by atoms with van der Waals surface area (Å²) in [6.45, 7) is 4.77. The van der Waals surface area contributed by atoms with Crippen LogP contribution in [0.2, 0.25) is 0 Å². The number of aromatic nitrogens is 4. The molecule has 22 heavy (non-hydrogen) atoms. The maximum absolute atomic E-state index is 12.6. The van der Waals surface area contributed by atoms with E-state index in [1.54, 1.807) is 21.7 Å². The topological polar surface area (TPSA) is 87.7 Å². The molecular weight excluding hydrogens is 320 g/mol. The van der Waals surface area contributed by atoms with Crippen LogP contribution in [0.15, 0.2) is 29.3 Å². The van der Waals surface area contributed by atoms with E-state index in [0.717, 1.165) is 5.00 Å². The molecule has 7 nitrogen and oxygen atoms in total. The van der Waals surface area contributed by atoms with Crippen LogP contribution in [0.4, 0.5) is 5.00 Å². The Morgan fingerprint density at radius 3 is 3.27 bits per heavy atom. The van der Waals surface area contributed by atoms with Crippen molar-refractivity contribution in [2.24, 2.45) is 0 Å². The van der Waals surface area contributed by atoms with E-state index in [9.17, 15) is 4.79 Å². The highest BCUT2D eigenvalue weighted by Gasteiger charge is 2.36. The fraction of sp³-hybridized carbons (Fsp3) is 0.308. The minimum absolute atomic E-state index is 0.00268. The summed E-state index contributed by atoms with van der Waals surface area (Å²) in [6, 6.07) is 3.86. The number of nitriles is 1. The molecule has 0 aromatic carbocycles. The molecule has 1 saturated heterocycles. The van der Waals surface area contributed by atoms with E-state index < -0.39 is 0 Å². The Labute approximate surface area is 135 Å². The van der Waals surface area contributed by atoms with E-state index in [2.05, 4.69) is 28.2 Å². The van der Waals surface area contributed by atoms with Crippen molar-refractivity contribution in [1.82, 2.24) is 20.2 Å². The maximum Gasteiger partial charge on any atom is 0.241 e. The Morgan fingerprint density at radius 1 is 1.64 bits per heavy atom. The van der Waals surface area contributed by atoms with Gasteiger partial charge in [-0.1, -0.05) is 17.8 Å². The molecule has 0 radical (unpaired) electrons. The first-order chi connectivity index (χ1) is 10.7. The second-order valence-electron chi connectivity index (χ2n) is 4.57. The molecular formula is C13H12N6OS2. The minimum Gasteiger partial charge on any atom is -0.302 e. The van der Waals surface area contributed by atoms with Gasteiger partial charge in [0.25, 0.3) is 0 Å². The lowest BCUT2D eigenvalue weighted by Crippen LogP contribution is -2.28. The molecule has 112 valence electrons. The number of hydrogen-bond acceptors (Lipinski definition) is 7. The Morgan fingerprint density at radius 2 is 2.50 bits per heavy atom. The Balaban J connectivity index is 1.75. The third-order valence-corrected chi connectivity index (χ3v) is 5.38. The highest BCUT2D eigenvalue weighted by atomic mass is 32.2. The SMILES string of the molecule is C=CCn1nnnc1S[C@@H]1CCN(c2sccc2C#N)C1=O. The monoisotopic (exact) mass is 332 g/mol. The number of thiophene rings is 1. The number of rotatable bonds is 5. The van der Waals surface area contributed by atoms with Gasteiger partial charge in [0.2, 0.25) is 11.1 Å². The summed E-state index contributed by atoms with van der Waals surface area (Å²) in [4.78, 5) is 14.3. The van der Waals surface area contributed by atoms with Crippen molar-refractivity contribution < 1.29 is 4.79 Å². The number of allylic oxidation sites excluding steroid dienone is 1. The largest absolute Gasteiger partial charge is 0.302 e. The summed E-state index contributed by atoms with van der Waals surface area (Å²) < 4.78 is 1.61. The zero-order valence-electron chi connectivity index (χ0n) is 11.5. The van der Waals surface area contributed by atoms with E-state index in [-0.39, 0.29) is 11.2 Å². The number of carbonyl (C=O) groups excluding carboxylic acids is 1. The van der Waals surface area contributed by atoms with Crippen LogP contribution in [0.3, 0.4) is 0 Å². The lowest BCUT2D eigenvalue weighted by atomic mass is 10.3. The highest BCUT2D eigenvalue weighted by Crippen LogP contribution is 2.35. The molecule has 9 heteroatoms. The highest BCUT2D eigenvalue weighted by molar-refractivity contribution is 8.00.